The monoisotopic (exact) mass is 411 g/mol. The van der Waals surface area contributed by atoms with Crippen molar-refractivity contribution < 1.29 is 13.2 Å². The lowest BCUT2D eigenvalue weighted by atomic mass is 10.2. The summed E-state index contributed by atoms with van der Waals surface area (Å²) in [5.41, 5.74) is 2.72. The van der Waals surface area contributed by atoms with Crippen LogP contribution in [0.2, 0.25) is 0 Å². The van der Waals surface area contributed by atoms with Gasteiger partial charge < -0.3 is 4.74 Å². The summed E-state index contributed by atoms with van der Waals surface area (Å²) in [5.74, 6) is 0.679. The lowest BCUT2D eigenvalue weighted by molar-refractivity contribution is 0.408. The molecule has 1 aromatic heterocycles. The average Bonchev–Trinajstić information content (AvgIpc) is 3.12. The van der Waals surface area contributed by atoms with Crippen molar-refractivity contribution in [2.45, 2.75) is 38.3 Å². The Hall–Kier alpha value is -2.90. The largest absolute Gasteiger partial charge is 0.426 e. The highest BCUT2D eigenvalue weighted by Gasteiger charge is 2.22. The number of imidazole rings is 1. The van der Waals surface area contributed by atoms with Gasteiger partial charge in [0.2, 0.25) is 10.0 Å². The van der Waals surface area contributed by atoms with Crippen molar-refractivity contribution in [3.8, 4) is 11.8 Å². The van der Waals surface area contributed by atoms with Crippen LogP contribution < -0.4 is 9.46 Å². The second-order valence-corrected chi connectivity index (χ2v) is 8.46. The fourth-order valence-corrected chi connectivity index (χ4v) is 4.19. The van der Waals surface area contributed by atoms with Gasteiger partial charge in [-0.3, -0.25) is 4.57 Å². The van der Waals surface area contributed by atoms with Crippen LogP contribution in [0.15, 0.2) is 66.2 Å². The van der Waals surface area contributed by atoms with Gasteiger partial charge in [0.15, 0.2) is 0 Å². The molecule has 0 aliphatic rings. The third-order valence-corrected chi connectivity index (χ3v) is 6.15. The summed E-state index contributed by atoms with van der Waals surface area (Å²) in [5, 5.41) is 0. The molecule has 1 N–H and O–H groups in total. The molecule has 1 heterocycles. The Morgan fingerprint density at radius 3 is 2.41 bits per heavy atom. The molecule has 29 heavy (non-hydrogen) atoms. The topological polar surface area (TPSA) is 73.2 Å². The third-order valence-electron chi connectivity index (χ3n) is 4.60. The van der Waals surface area contributed by atoms with Gasteiger partial charge in [-0.1, -0.05) is 42.5 Å². The van der Waals surface area contributed by atoms with Crippen LogP contribution in [0, 0.1) is 6.92 Å². The standard InChI is InChI=1S/C22H25N3O3S/c1-5-18-9-13-20(14-10-18)29(26,27)24-17(4)21-15-23-22(25(21)6-2)28-19-11-7-16(3)8-12-19/h5,7-15,17,24H,1,6H2,2-4H3. The highest BCUT2D eigenvalue weighted by atomic mass is 32.2. The van der Waals surface area contributed by atoms with E-state index in [0.717, 1.165) is 16.8 Å². The molecule has 0 amide bonds. The van der Waals surface area contributed by atoms with Crippen molar-refractivity contribution in [1.29, 1.82) is 0 Å². The van der Waals surface area contributed by atoms with Crippen LogP contribution in [-0.2, 0) is 16.6 Å². The zero-order valence-electron chi connectivity index (χ0n) is 16.8. The molecule has 0 aliphatic carbocycles. The molecular formula is C22H25N3O3S. The van der Waals surface area contributed by atoms with Crippen molar-refractivity contribution >= 4 is 16.1 Å². The fourth-order valence-electron chi connectivity index (χ4n) is 2.97. The predicted molar refractivity (Wildman–Crippen MR) is 114 cm³/mol. The van der Waals surface area contributed by atoms with Crippen LogP contribution in [0.4, 0.5) is 0 Å². The number of hydrogen-bond acceptors (Lipinski definition) is 4. The number of benzene rings is 2. The van der Waals surface area contributed by atoms with E-state index in [-0.39, 0.29) is 4.90 Å². The Morgan fingerprint density at radius 1 is 1.17 bits per heavy atom. The van der Waals surface area contributed by atoms with Crippen LogP contribution in [-0.4, -0.2) is 18.0 Å². The zero-order valence-corrected chi connectivity index (χ0v) is 17.6. The van der Waals surface area contributed by atoms with Gasteiger partial charge in [0.05, 0.1) is 22.8 Å². The Labute approximate surface area is 171 Å². The molecule has 0 bridgehead atoms. The van der Waals surface area contributed by atoms with Crippen LogP contribution >= 0.6 is 0 Å². The van der Waals surface area contributed by atoms with Gasteiger partial charge in [-0.15, -0.1) is 0 Å². The average molecular weight is 412 g/mol. The first-order chi connectivity index (χ1) is 13.8. The van der Waals surface area contributed by atoms with E-state index >= 15 is 0 Å². The molecule has 3 aromatic rings. The molecule has 1 atom stereocenters. The van der Waals surface area contributed by atoms with Gasteiger partial charge in [0.25, 0.3) is 0 Å². The van der Waals surface area contributed by atoms with E-state index in [2.05, 4.69) is 16.3 Å². The van der Waals surface area contributed by atoms with E-state index in [1.807, 2.05) is 42.7 Å². The third kappa shape index (κ3) is 4.75. The first-order valence-corrected chi connectivity index (χ1v) is 10.9. The van der Waals surface area contributed by atoms with Gasteiger partial charge >= 0.3 is 6.01 Å². The minimum absolute atomic E-state index is 0.202. The molecule has 1 unspecified atom stereocenters. The SMILES string of the molecule is C=Cc1ccc(S(=O)(=O)NC(C)c2cnc(Oc3ccc(C)cc3)n2CC)cc1. The molecular weight excluding hydrogens is 386 g/mol. The summed E-state index contributed by atoms with van der Waals surface area (Å²) in [7, 11) is -3.68. The van der Waals surface area contributed by atoms with Gasteiger partial charge in [0.1, 0.15) is 5.75 Å². The lowest BCUT2D eigenvalue weighted by Crippen LogP contribution is -2.28. The van der Waals surface area contributed by atoms with Crippen LogP contribution in [0.5, 0.6) is 11.8 Å². The van der Waals surface area contributed by atoms with Crippen molar-refractivity contribution in [1.82, 2.24) is 14.3 Å². The minimum Gasteiger partial charge on any atom is -0.426 e. The van der Waals surface area contributed by atoms with E-state index in [1.165, 1.54) is 0 Å². The van der Waals surface area contributed by atoms with E-state index in [4.69, 9.17) is 4.74 Å². The van der Waals surface area contributed by atoms with Crippen LogP contribution in [0.3, 0.4) is 0 Å². The number of ether oxygens (including phenoxy) is 1. The summed E-state index contributed by atoms with van der Waals surface area (Å²) in [6.45, 7) is 10.0. The van der Waals surface area contributed by atoms with Crippen LogP contribution in [0.1, 0.15) is 36.7 Å². The molecule has 6 nitrogen and oxygen atoms in total. The Bertz CT molecular complexity index is 1090. The van der Waals surface area contributed by atoms with Crippen molar-refractivity contribution in [2.75, 3.05) is 0 Å². The summed E-state index contributed by atoms with van der Waals surface area (Å²) in [4.78, 5) is 4.55. The molecule has 2 aromatic carbocycles. The number of sulfonamides is 1. The number of nitrogens with one attached hydrogen (secondary N) is 1. The van der Waals surface area contributed by atoms with Gasteiger partial charge in [-0.25, -0.2) is 18.1 Å². The Balaban J connectivity index is 1.81. The minimum atomic E-state index is -3.68. The molecule has 0 saturated heterocycles. The zero-order chi connectivity index (χ0) is 21.0. The molecule has 0 fully saturated rings. The summed E-state index contributed by atoms with van der Waals surface area (Å²) in [6.07, 6.45) is 3.31. The Kier molecular flexibility index (Phi) is 6.20. The predicted octanol–water partition coefficient (Wildman–Crippen LogP) is 4.69. The van der Waals surface area contributed by atoms with E-state index < -0.39 is 16.1 Å². The molecule has 7 heteroatoms. The van der Waals surface area contributed by atoms with Crippen molar-refractivity contribution in [2.24, 2.45) is 0 Å². The molecule has 0 spiro atoms. The molecule has 0 saturated carbocycles. The lowest BCUT2D eigenvalue weighted by Gasteiger charge is -2.17. The van der Waals surface area contributed by atoms with Gasteiger partial charge in [0, 0.05) is 6.54 Å². The highest BCUT2D eigenvalue weighted by molar-refractivity contribution is 7.89. The molecule has 0 aliphatic heterocycles. The first kappa shape index (κ1) is 20.8. The number of aromatic nitrogens is 2. The first-order valence-electron chi connectivity index (χ1n) is 9.39. The summed E-state index contributed by atoms with van der Waals surface area (Å²) in [6, 6.07) is 14.2. The molecule has 3 rings (SSSR count). The Morgan fingerprint density at radius 2 is 1.83 bits per heavy atom. The second-order valence-electron chi connectivity index (χ2n) is 6.74. The molecule has 152 valence electrons. The maximum atomic E-state index is 12.7. The second kappa shape index (κ2) is 8.63. The number of hydrogen-bond donors (Lipinski definition) is 1. The fraction of sp³-hybridized carbons (Fsp3) is 0.227. The number of rotatable bonds is 8. The van der Waals surface area contributed by atoms with Gasteiger partial charge in [-0.05, 0) is 50.6 Å². The maximum Gasteiger partial charge on any atom is 0.302 e. The summed E-state index contributed by atoms with van der Waals surface area (Å²) >= 11 is 0. The van der Waals surface area contributed by atoms with Crippen LogP contribution in [0.25, 0.3) is 6.08 Å². The van der Waals surface area contributed by atoms with E-state index in [0.29, 0.717) is 18.3 Å². The smallest absolute Gasteiger partial charge is 0.302 e. The van der Waals surface area contributed by atoms with Crippen molar-refractivity contribution in [3.05, 3.63) is 78.1 Å². The molecule has 0 radical (unpaired) electrons. The highest BCUT2D eigenvalue weighted by Crippen LogP contribution is 2.26. The maximum absolute atomic E-state index is 12.7. The van der Waals surface area contributed by atoms with Crippen molar-refractivity contribution in [3.63, 3.8) is 0 Å². The summed E-state index contributed by atoms with van der Waals surface area (Å²) < 4.78 is 36.0. The van der Waals surface area contributed by atoms with E-state index in [9.17, 15) is 8.42 Å². The normalized spacial score (nSPS) is 12.5. The van der Waals surface area contributed by atoms with Gasteiger partial charge in [-0.2, -0.15) is 0 Å². The number of aryl methyl sites for hydroxylation is 1. The van der Waals surface area contributed by atoms with E-state index in [1.54, 1.807) is 43.5 Å². The quantitative estimate of drug-likeness (QED) is 0.584. The number of nitrogens with zero attached hydrogens (tertiary/aromatic N) is 2.